The van der Waals surface area contributed by atoms with Crippen molar-refractivity contribution in [2.45, 2.75) is 25.7 Å². The predicted octanol–water partition coefficient (Wildman–Crippen LogP) is 2.49. The van der Waals surface area contributed by atoms with E-state index in [2.05, 4.69) is 33.4 Å². The summed E-state index contributed by atoms with van der Waals surface area (Å²) in [6.45, 7) is 5.84. The van der Waals surface area contributed by atoms with E-state index in [1.54, 1.807) is 11.3 Å². The van der Waals surface area contributed by atoms with Crippen LogP contribution in [0.25, 0.3) is 0 Å². The summed E-state index contributed by atoms with van der Waals surface area (Å²) in [5, 5.41) is 10.9. The quantitative estimate of drug-likeness (QED) is 0.423. The van der Waals surface area contributed by atoms with Crippen LogP contribution in [0.3, 0.4) is 0 Å². The van der Waals surface area contributed by atoms with Gasteiger partial charge in [0.25, 0.3) is 0 Å². The molecule has 0 saturated carbocycles. The number of halogens is 1. The summed E-state index contributed by atoms with van der Waals surface area (Å²) in [5.41, 5.74) is 1.33. The van der Waals surface area contributed by atoms with Crippen molar-refractivity contribution >= 4 is 41.3 Å². The van der Waals surface area contributed by atoms with Gasteiger partial charge in [0.1, 0.15) is 0 Å². The van der Waals surface area contributed by atoms with Crippen molar-refractivity contribution < 1.29 is 0 Å². The van der Waals surface area contributed by atoms with Gasteiger partial charge >= 0.3 is 0 Å². The molecule has 1 N–H and O–H groups in total. The number of likely N-dealkylation sites (tertiary alicyclic amines) is 1. The molecule has 8 heteroatoms. The Morgan fingerprint density at radius 3 is 3.04 bits per heavy atom. The first-order chi connectivity index (χ1) is 11.3. The van der Waals surface area contributed by atoms with Gasteiger partial charge in [-0.3, -0.25) is 9.67 Å². The molecule has 0 spiro atoms. The summed E-state index contributed by atoms with van der Waals surface area (Å²) in [6, 6.07) is 0. The van der Waals surface area contributed by atoms with E-state index in [4.69, 9.17) is 4.99 Å². The second kappa shape index (κ2) is 9.36. The van der Waals surface area contributed by atoms with Gasteiger partial charge in [-0.25, -0.2) is 4.98 Å². The standard InChI is InChI=1S/C16H24N6S.HI/c1-3-17-16(19-6-4-15-18-7-9-23-15)22-8-5-13(12-22)14-10-20-21(2)11-14;/h7,9-11,13H,3-6,8,12H2,1-2H3,(H,17,19);1H. The van der Waals surface area contributed by atoms with Gasteiger partial charge in [-0.05, 0) is 18.9 Å². The number of nitrogens with zero attached hydrogens (tertiary/aromatic N) is 5. The SMILES string of the molecule is CCNC(=NCCc1nccs1)N1CCC(c2cnn(C)c2)C1.I. The Balaban J connectivity index is 0.00000208. The Bertz CT molecular complexity index is 639. The fraction of sp³-hybridized carbons (Fsp3) is 0.562. The van der Waals surface area contributed by atoms with Crippen LogP contribution in [0.2, 0.25) is 0 Å². The molecule has 2 aromatic heterocycles. The van der Waals surface area contributed by atoms with Gasteiger partial charge in [0.2, 0.25) is 0 Å². The number of rotatable bonds is 5. The fourth-order valence-electron chi connectivity index (χ4n) is 2.94. The molecule has 0 radical (unpaired) electrons. The van der Waals surface area contributed by atoms with E-state index < -0.39 is 0 Å². The maximum atomic E-state index is 4.78. The average molecular weight is 460 g/mol. The summed E-state index contributed by atoms with van der Waals surface area (Å²) in [4.78, 5) is 11.5. The second-order valence-corrected chi connectivity index (χ2v) is 6.77. The highest BCUT2D eigenvalue weighted by atomic mass is 127. The van der Waals surface area contributed by atoms with Crippen LogP contribution < -0.4 is 5.32 Å². The molecule has 1 unspecified atom stereocenters. The minimum atomic E-state index is 0. The Kier molecular flexibility index (Phi) is 7.47. The zero-order valence-corrected chi connectivity index (χ0v) is 17.3. The second-order valence-electron chi connectivity index (χ2n) is 5.79. The van der Waals surface area contributed by atoms with E-state index in [0.717, 1.165) is 50.0 Å². The molecule has 3 rings (SSSR count). The van der Waals surface area contributed by atoms with Gasteiger partial charge < -0.3 is 10.2 Å². The zero-order chi connectivity index (χ0) is 16.1. The molecule has 3 heterocycles. The van der Waals surface area contributed by atoms with Crippen LogP contribution in [-0.2, 0) is 13.5 Å². The van der Waals surface area contributed by atoms with E-state index in [-0.39, 0.29) is 24.0 Å². The molecule has 2 aromatic rings. The third-order valence-electron chi connectivity index (χ3n) is 4.09. The lowest BCUT2D eigenvalue weighted by Crippen LogP contribution is -2.40. The number of aliphatic imine (C=N–C) groups is 1. The van der Waals surface area contributed by atoms with Crippen molar-refractivity contribution in [3.8, 4) is 0 Å². The minimum absolute atomic E-state index is 0. The van der Waals surface area contributed by atoms with Crippen molar-refractivity contribution in [2.75, 3.05) is 26.2 Å². The average Bonchev–Trinajstić information content (AvgIpc) is 3.27. The molecule has 0 aromatic carbocycles. The molecular weight excluding hydrogens is 435 g/mol. The number of aryl methyl sites for hydroxylation is 1. The van der Waals surface area contributed by atoms with E-state index in [0.29, 0.717) is 5.92 Å². The molecule has 1 aliphatic heterocycles. The lowest BCUT2D eigenvalue weighted by Gasteiger charge is -2.21. The van der Waals surface area contributed by atoms with Crippen molar-refractivity contribution in [1.82, 2.24) is 25.0 Å². The summed E-state index contributed by atoms with van der Waals surface area (Å²) >= 11 is 1.70. The van der Waals surface area contributed by atoms with Gasteiger partial charge in [-0.1, -0.05) is 0 Å². The first-order valence-corrected chi connectivity index (χ1v) is 9.04. The van der Waals surface area contributed by atoms with E-state index in [9.17, 15) is 0 Å². The Hall–Kier alpha value is -1.16. The van der Waals surface area contributed by atoms with Gasteiger partial charge in [0, 0.05) is 63.3 Å². The van der Waals surface area contributed by atoms with E-state index in [1.165, 1.54) is 5.56 Å². The molecular formula is C16H25IN6S. The number of hydrogen-bond acceptors (Lipinski definition) is 4. The number of nitrogens with one attached hydrogen (secondary N) is 1. The van der Waals surface area contributed by atoms with Gasteiger partial charge in [0.05, 0.1) is 11.2 Å². The van der Waals surface area contributed by atoms with E-state index >= 15 is 0 Å². The van der Waals surface area contributed by atoms with Crippen LogP contribution in [0.4, 0.5) is 0 Å². The number of thiazole rings is 1. The van der Waals surface area contributed by atoms with Crippen LogP contribution >= 0.6 is 35.3 Å². The number of aromatic nitrogens is 3. The smallest absolute Gasteiger partial charge is 0.193 e. The molecule has 6 nitrogen and oxygen atoms in total. The van der Waals surface area contributed by atoms with Crippen molar-refractivity contribution in [3.63, 3.8) is 0 Å². The molecule has 0 bridgehead atoms. The first kappa shape index (κ1) is 19.2. The summed E-state index contributed by atoms with van der Waals surface area (Å²) in [5.74, 6) is 1.57. The zero-order valence-electron chi connectivity index (χ0n) is 14.2. The Labute approximate surface area is 164 Å². The van der Waals surface area contributed by atoms with Crippen LogP contribution in [0, 0.1) is 0 Å². The lowest BCUT2D eigenvalue weighted by molar-refractivity contribution is 0.486. The highest BCUT2D eigenvalue weighted by molar-refractivity contribution is 14.0. The molecule has 1 atom stereocenters. The highest BCUT2D eigenvalue weighted by Crippen LogP contribution is 2.26. The largest absolute Gasteiger partial charge is 0.357 e. The molecule has 132 valence electrons. The third kappa shape index (κ3) is 4.92. The molecule has 0 aliphatic carbocycles. The first-order valence-electron chi connectivity index (χ1n) is 8.16. The van der Waals surface area contributed by atoms with Gasteiger partial charge in [0.15, 0.2) is 5.96 Å². The topological polar surface area (TPSA) is 58.3 Å². The molecule has 1 aliphatic rings. The van der Waals surface area contributed by atoms with Crippen LogP contribution in [-0.4, -0.2) is 51.8 Å². The number of hydrogen-bond donors (Lipinski definition) is 1. The Morgan fingerprint density at radius 2 is 2.38 bits per heavy atom. The molecule has 1 fully saturated rings. The summed E-state index contributed by atoms with van der Waals surface area (Å²) in [7, 11) is 1.97. The van der Waals surface area contributed by atoms with Crippen LogP contribution in [0.15, 0.2) is 29.0 Å². The lowest BCUT2D eigenvalue weighted by atomic mass is 10.0. The van der Waals surface area contributed by atoms with Gasteiger partial charge in [-0.2, -0.15) is 5.10 Å². The van der Waals surface area contributed by atoms with Crippen LogP contribution in [0.1, 0.15) is 29.8 Å². The fourth-order valence-corrected chi connectivity index (χ4v) is 3.55. The van der Waals surface area contributed by atoms with Crippen molar-refractivity contribution in [1.29, 1.82) is 0 Å². The normalized spacial score (nSPS) is 17.8. The third-order valence-corrected chi connectivity index (χ3v) is 4.93. The molecule has 0 amide bonds. The monoisotopic (exact) mass is 460 g/mol. The predicted molar refractivity (Wildman–Crippen MR) is 109 cm³/mol. The van der Waals surface area contributed by atoms with Crippen molar-refractivity contribution in [3.05, 3.63) is 34.5 Å². The highest BCUT2D eigenvalue weighted by Gasteiger charge is 2.26. The van der Waals surface area contributed by atoms with Gasteiger partial charge in [-0.15, -0.1) is 35.3 Å². The molecule has 1 saturated heterocycles. The maximum Gasteiger partial charge on any atom is 0.193 e. The minimum Gasteiger partial charge on any atom is -0.357 e. The Morgan fingerprint density at radius 1 is 1.50 bits per heavy atom. The molecule has 24 heavy (non-hydrogen) atoms. The summed E-state index contributed by atoms with van der Waals surface area (Å²) in [6.07, 6.45) is 8.03. The number of guanidine groups is 1. The van der Waals surface area contributed by atoms with E-state index in [1.807, 2.05) is 29.5 Å². The maximum absolute atomic E-state index is 4.78. The summed E-state index contributed by atoms with van der Waals surface area (Å²) < 4.78 is 1.88. The van der Waals surface area contributed by atoms with Crippen LogP contribution in [0.5, 0.6) is 0 Å². The van der Waals surface area contributed by atoms with Crippen molar-refractivity contribution in [2.24, 2.45) is 12.0 Å².